The van der Waals surface area contributed by atoms with Crippen LogP contribution in [0.25, 0.3) is 0 Å². The third kappa shape index (κ3) is 2.66. The van der Waals surface area contributed by atoms with E-state index in [0.29, 0.717) is 12.5 Å². The van der Waals surface area contributed by atoms with E-state index in [1.54, 1.807) is 20.8 Å². The summed E-state index contributed by atoms with van der Waals surface area (Å²) in [4.78, 5) is 25.8. The van der Waals surface area contributed by atoms with Gasteiger partial charge in [0.05, 0.1) is 10.2 Å². The van der Waals surface area contributed by atoms with Gasteiger partial charge in [0.2, 0.25) is 5.91 Å². The smallest absolute Gasteiger partial charge is 0.252 e. The molecule has 1 fully saturated rings. The number of anilines is 1. The van der Waals surface area contributed by atoms with Gasteiger partial charge in [-0.25, -0.2) is 8.78 Å². The largest absolute Gasteiger partial charge is 0.340 e. The lowest BCUT2D eigenvalue weighted by atomic mass is 9.95. The quantitative estimate of drug-likeness (QED) is 0.824. The number of hydrogen-bond acceptors (Lipinski definition) is 2. The number of hydrogen-bond donors (Lipinski definition) is 1. The van der Waals surface area contributed by atoms with Gasteiger partial charge in [0.25, 0.3) is 5.91 Å². The van der Waals surface area contributed by atoms with Gasteiger partial charge in [0, 0.05) is 6.07 Å². The summed E-state index contributed by atoms with van der Waals surface area (Å²) in [5.41, 5.74) is -1.25. The van der Waals surface area contributed by atoms with Crippen molar-refractivity contribution in [2.75, 3.05) is 4.90 Å². The Labute approximate surface area is 129 Å². The van der Waals surface area contributed by atoms with Crippen molar-refractivity contribution in [2.24, 2.45) is 0 Å². The van der Waals surface area contributed by atoms with E-state index >= 15 is 0 Å². The lowest BCUT2D eigenvalue weighted by Gasteiger charge is -2.42. The minimum atomic E-state index is -1.14. The molecule has 1 aliphatic rings. The van der Waals surface area contributed by atoms with E-state index in [1.165, 1.54) is 6.07 Å². The highest BCUT2D eigenvalue weighted by Crippen LogP contribution is 2.32. The first-order valence-corrected chi connectivity index (χ1v) is 7.28. The van der Waals surface area contributed by atoms with Gasteiger partial charge in [-0.05, 0) is 42.3 Å². The second-order valence-corrected chi connectivity index (χ2v) is 6.29. The van der Waals surface area contributed by atoms with Crippen LogP contribution in [0.2, 0.25) is 0 Å². The average molecular weight is 361 g/mol. The maximum absolute atomic E-state index is 14.1. The summed E-state index contributed by atoms with van der Waals surface area (Å²) in [6.07, 6.45) is 0.322. The molecule has 114 valence electrons. The van der Waals surface area contributed by atoms with Crippen molar-refractivity contribution in [1.82, 2.24) is 5.32 Å². The summed E-state index contributed by atoms with van der Waals surface area (Å²) in [6.45, 7) is 4.81. The van der Waals surface area contributed by atoms with Gasteiger partial charge in [0.15, 0.2) is 0 Å². The number of nitrogens with one attached hydrogen (secondary N) is 1. The fourth-order valence-corrected chi connectivity index (χ4v) is 2.68. The molecular formula is C14H15BrF2N2O2. The van der Waals surface area contributed by atoms with Gasteiger partial charge in [0.1, 0.15) is 23.2 Å². The number of benzene rings is 1. The zero-order chi connectivity index (χ0) is 15.9. The molecule has 0 spiro atoms. The molecule has 1 aromatic carbocycles. The van der Waals surface area contributed by atoms with Crippen molar-refractivity contribution < 1.29 is 18.4 Å². The first-order chi connectivity index (χ1) is 9.69. The molecule has 0 bridgehead atoms. The molecule has 1 atom stereocenters. The predicted molar refractivity (Wildman–Crippen MR) is 77.8 cm³/mol. The van der Waals surface area contributed by atoms with Gasteiger partial charge in [-0.15, -0.1) is 0 Å². The van der Waals surface area contributed by atoms with E-state index in [2.05, 4.69) is 21.2 Å². The van der Waals surface area contributed by atoms with Crippen LogP contribution in [0.15, 0.2) is 16.6 Å². The van der Waals surface area contributed by atoms with Gasteiger partial charge in [-0.3, -0.25) is 14.5 Å². The molecule has 1 aliphatic heterocycles. The molecule has 1 N–H and O–H groups in total. The van der Waals surface area contributed by atoms with E-state index < -0.39 is 29.1 Å². The number of carbonyl (C=O) groups excluding carboxylic acids is 2. The Bertz CT molecular complexity index is 619. The molecule has 1 saturated heterocycles. The van der Waals surface area contributed by atoms with E-state index in [0.717, 1.165) is 4.90 Å². The van der Waals surface area contributed by atoms with Crippen LogP contribution in [0.5, 0.6) is 0 Å². The van der Waals surface area contributed by atoms with Gasteiger partial charge in [-0.1, -0.05) is 6.92 Å². The lowest BCUT2D eigenvalue weighted by Crippen LogP contribution is -2.68. The molecule has 2 amide bonds. The number of carbonyl (C=O) groups is 2. The van der Waals surface area contributed by atoms with Crippen LogP contribution in [0.3, 0.4) is 0 Å². The average Bonchev–Trinajstić information content (AvgIpc) is 2.38. The van der Waals surface area contributed by atoms with Crippen LogP contribution in [0.1, 0.15) is 27.2 Å². The van der Waals surface area contributed by atoms with E-state index in [9.17, 15) is 18.4 Å². The second kappa shape index (κ2) is 5.36. The van der Waals surface area contributed by atoms with Crippen molar-refractivity contribution >= 4 is 33.4 Å². The molecular weight excluding hydrogens is 346 g/mol. The molecule has 21 heavy (non-hydrogen) atoms. The highest BCUT2D eigenvalue weighted by atomic mass is 79.9. The molecule has 2 rings (SSSR count). The number of halogens is 3. The summed E-state index contributed by atoms with van der Waals surface area (Å²) in [5, 5.41) is 2.61. The molecule has 0 radical (unpaired) electrons. The van der Waals surface area contributed by atoms with Crippen LogP contribution >= 0.6 is 15.9 Å². The van der Waals surface area contributed by atoms with E-state index in [1.807, 2.05) is 0 Å². The SMILES string of the molecule is CCC1C(=O)NC(C)(C)C(=O)N1c1cc(Br)c(F)cc1F. The Morgan fingerprint density at radius 3 is 2.48 bits per heavy atom. The number of amides is 2. The third-order valence-electron chi connectivity index (χ3n) is 3.44. The highest BCUT2D eigenvalue weighted by Gasteiger charge is 2.46. The first kappa shape index (κ1) is 15.9. The fourth-order valence-electron chi connectivity index (χ4n) is 2.35. The predicted octanol–water partition coefficient (Wildman–Crippen LogP) is 2.75. The topological polar surface area (TPSA) is 49.4 Å². The summed E-state index contributed by atoms with van der Waals surface area (Å²) in [6, 6.07) is 1.05. The first-order valence-electron chi connectivity index (χ1n) is 6.49. The third-order valence-corrected chi connectivity index (χ3v) is 4.05. The maximum Gasteiger partial charge on any atom is 0.252 e. The summed E-state index contributed by atoms with van der Waals surface area (Å²) < 4.78 is 27.5. The van der Waals surface area contributed by atoms with Crippen molar-refractivity contribution in [3.63, 3.8) is 0 Å². The molecule has 0 aliphatic carbocycles. The highest BCUT2D eigenvalue weighted by molar-refractivity contribution is 9.10. The van der Waals surface area contributed by atoms with Crippen LogP contribution in [0.4, 0.5) is 14.5 Å². The minimum Gasteiger partial charge on any atom is -0.340 e. The number of nitrogens with zero attached hydrogens (tertiary/aromatic N) is 1. The van der Waals surface area contributed by atoms with Gasteiger partial charge >= 0.3 is 0 Å². The summed E-state index contributed by atoms with van der Waals surface area (Å²) >= 11 is 2.97. The fraction of sp³-hybridized carbons (Fsp3) is 0.429. The standard InChI is InChI=1S/C14H15BrF2N2O2/c1-4-10-12(20)18-14(2,3)13(21)19(10)11-5-7(15)8(16)6-9(11)17/h5-6,10H,4H2,1-3H3,(H,18,20). The monoisotopic (exact) mass is 360 g/mol. The second-order valence-electron chi connectivity index (χ2n) is 5.43. The summed E-state index contributed by atoms with van der Waals surface area (Å²) in [7, 11) is 0. The van der Waals surface area contributed by atoms with Gasteiger partial charge < -0.3 is 5.32 Å². The van der Waals surface area contributed by atoms with Crippen LogP contribution in [-0.4, -0.2) is 23.4 Å². The van der Waals surface area contributed by atoms with Gasteiger partial charge in [-0.2, -0.15) is 0 Å². The van der Waals surface area contributed by atoms with Crippen molar-refractivity contribution in [3.05, 3.63) is 28.2 Å². The van der Waals surface area contributed by atoms with Crippen molar-refractivity contribution in [2.45, 2.75) is 38.8 Å². The number of rotatable bonds is 2. The lowest BCUT2D eigenvalue weighted by molar-refractivity contribution is -0.137. The normalized spacial score (nSPS) is 21.4. The van der Waals surface area contributed by atoms with Crippen molar-refractivity contribution in [1.29, 1.82) is 0 Å². The Kier molecular flexibility index (Phi) is 4.06. The van der Waals surface area contributed by atoms with Crippen molar-refractivity contribution in [3.8, 4) is 0 Å². The Morgan fingerprint density at radius 1 is 1.29 bits per heavy atom. The molecule has 4 nitrogen and oxygen atoms in total. The zero-order valence-corrected chi connectivity index (χ0v) is 13.4. The Hall–Kier alpha value is -1.50. The Morgan fingerprint density at radius 2 is 1.90 bits per heavy atom. The molecule has 0 aromatic heterocycles. The number of piperazine rings is 1. The zero-order valence-electron chi connectivity index (χ0n) is 11.8. The van der Waals surface area contributed by atoms with E-state index in [4.69, 9.17) is 0 Å². The van der Waals surface area contributed by atoms with Crippen LogP contribution in [-0.2, 0) is 9.59 Å². The molecule has 1 unspecified atom stereocenters. The minimum absolute atomic E-state index is 0.0327. The Balaban J connectivity index is 2.59. The molecule has 1 heterocycles. The molecule has 0 saturated carbocycles. The molecule has 7 heteroatoms. The van der Waals surface area contributed by atoms with Crippen LogP contribution < -0.4 is 10.2 Å². The maximum atomic E-state index is 14.1. The van der Waals surface area contributed by atoms with E-state index in [-0.39, 0.29) is 16.1 Å². The van der Waals surface area contributed by atoms with Crippen LogP contribution in [0, 0.1) is 11.6 Å². The summed E-state index contributed by atoms with van der Waals surface area (Å²) in [5.74, 6) is -2.45. The molecule has 1 aromatic rings.